The average Bonchev–Trinajstić information content (AvgIpc) is 2.68. The number of amides is 1. The van der Waals surface area contributed by atoms with Crippen LogP contribution in [0.5, 0.6) is 0 Å². The quantitative estimate of drug-likeness (QED) is 0.723. The van der Waals surface area contributed by atoms with Gasteiger partial charge < -0.3 is 16.4 Å². The maximum Gasteiger partial charge on any atom is 0.220 e. The molecule has 0 aliphatic carbocycles. The summed E-state index contributed by atoms with van der Waals surface area (Å²) in [6.07, 6.45) is 1.32. The molecule has 1 aromatic carbocycles. The molecular weight excluding hydrogens is 245 g/mol. The van der Waals surface area contributed by atoms with Crippen molar-refractivity contribution in [3.05, 3.63) is 23.0 Å². The van der Waals surface area contributed by atoms with Crippen LogP contribution in [-0.2, 0) is 4.79 Å². The van der Waals surface area contributed by atoms with Crippen molar-refractivity contribution in [3.63, 3.8) is 0 Å². The lowest BCUT2D eigenvalue weighted by atomic mass is 10.2. The van der Waals surface area contributed by atoms with E-state index in [9.17, 15) is 9.18 Å². The summed E-state index contributed by atoms with van der Waals surface area (Å²) in [5.41, 5.74) is 6.58. The average molecular weight is 258 g/mol. The number of benzene rings is 1. The minimum atomic E-state index is -0.515. The van der Waals surface area contributed by atoms with Gasteiger partial charge in [-0.2, -0.15) is 0 Å². The zero-order chi connectivity index (χ0) is 12.4. The van der Waals surface area contributed by atoms with Crippen molar-refractivity contribution < 1.29 is 9.18 Å². The Balaban J connectivity index is 1.99. The van der Waals surface area contributed by atoms with Crippen molar-refractivity contribution in [2.75, 3.05) is 17.6 Å². The highest BCUT2D eigenvalue weighted by Crippen LogP contribution is 2.26. The third-order valence-electron chi connectivity index (χ3n) is 2.72. The molecule has 1 aliphatic rings. The highest BCUT2D eigenvalue weighted by molar-refractivity contribution is 6.31. The highest BCUT2D eigenvalue weighted by atomic mass is 35.5. The minimum absolute atomic E-state index is 0.00205. The monoisotopic (exact) mass is 257 g/mol. The molecule has 6 heteroatoms. The lowest BCUT2D eigenvalue weighted by Crippen LogP contribution is -2.31. The topological polar surface area (TPSA) is 67.1 Å². The van der Waals surface area contributed by atoms with E-state index in [1.165, 1.54) is 12.1 Å². The van der Waals surface area contributed by atoms with Gasteiger partial charge in [-0.25, -0.2) is 4.39 Å². The van der Waals surface area contributed by atoms with Gasteiger partial charge in [-0.15, -0.1) is 0 Å². The Labute approximate surface area is 103 Å². The van der Waals surface area contributed by atoms with E-state index in [0.29, 0.717) is 24.3 Å². The lowest BCUT2D eigenvalue weighted by molar-refractivity contribution is -0.119. The molecule has 92 valence electrons. The number of hydrogen-bond donors (Lipinski definition) is 3. The summed E-state index contributed by atoms with van der Waals surface area (Å²) in [6.45, 7) is 0.525. The fourth-order valence-corrected chi connectivity index (χ4v) is 1.95. The first-order valence-corrected chi connectivity index (χ1v) is 5.72. The molecule has 1 aliphatic heterocycles. The zero-order valence-corrected chi connectivity index (χ0v) is 9.85. The predicted octanol–water partition coefficient (Wildman–Crippen LogP) is 1.75. The second-order valence-electron chi connectivity index (χ2n) is 4.04. The molecular formula is C11H13ClFN3O. The molecule has 1 saturated heterocycles. The number of nitrogen functional groups attached to an aromatic ring is 1. The molecule has 1 amide bonds. The molecule has 0 bridgehead atoms. The van der Waals surface area contributed by atoms with Crippen LogP contribution >= 0.6 is 11.6 Å². The van der Waals surface area contributed by atoms with E-state index in [1.54, 1.807) is 0 Å². The van der Waals surface area contributed by atoms with Crippen molar-refractivity contribution in [2.24, 2.45) is 0 Å². The largest absolute Gasteiger partial charge is 0.397 e. The molecule has 1 fully saturated rings. The van der Waals surface area contributed by atoms with Crippen LogP contribution in [0, 0.1) is 5.82 Å². The molecule has 1 aromatic rings. The van der Waals surface area contributed by atoms with Gasteiger partial charge in [0.05, 0.1) is 16.4 Å². The van der Waals surface area contributed by atoms with Gasteiger partial charge in [-0.3, -0.25) is 4.79 Å². The van der Waals surface area contributed by atoms with Gasteiger partial charge in [0.1, 0.15) is 5.82 Å². The van der Waals surface area contributed by atoms with Crippen LogP contribution in [0.4, 0.5) is 15.8 Å². The van der Waals surface area contributed by atoms with E-state index in [4.69, 9.17) is 17.3 Å². The fraction of sp³-hybridized carbons (Fsp3) is 0.364. The van der Waals surface area contributed by atoms with Gasteiger partial charge in [-0.1, -0.05) is 11.6 Å². The fourth-order valence-electron chi connectivity index (χ4n) is 1.78. The van der Waals surface area contributed by atoms with Crippen LogP contribution in [0.1, 0.15) is 12.8 Å². The van der Waals surface area contributed by atoms with Crippen LogP contribution < -0.4 is 16.4 Å². The molecule has 2 rings (SSSR count). The molecule has 1 atom stereocenters. The number of anilines is 2. The van der Waals surface area contributed by atoms with Gasteiger partial charge in [0.2, 0.25) is 5.91 Å². The van der Waals surface area contributed by atoms with Crippen LogP contribution in [0.25, 0.3) is 0 Å². The van der Waals surface area contributed by atoms with Gasteiger partial charge in [0.25, 0.3) is 0 Å². The molecule has 4 N–H and O–H groups in total. The van der Waals surface area contributed by atoms with Crippen molar-refractivity contribution in [1.29, 1.82) is 0 Å². The van der Waals surface area contributed by atoms with E-state index >= 15 is 0 Å². The van der Waals surface area contributed by atoms with Crippen LogP contribution in [0.15, 0.2) is 12.1 Å². The lowest BCUT2D eigenvalue weighted by Gasteiger charge is -2.14. The summed E-state index contributed by atoms with van der Waals surface area (Å²) in [6, 6.07) is 2.70. The number of nitrogens with one attached hydrogen (secondary N) is 2. The van der Waals surface area contributed by atoms with E-state index < -0.39 is 5.82 Å². The maximum atomic E-state index is 13.2. The summed E-state index contributed by atoms with van der Waals surface area (Å²) < 4.78 is 13.2. The molecule has 1 heterocycles. The van der Waals surface area contributed by atoms with E-state index in [2.05, 4.69) is 10.6 Å². The molecule has 4 nitrogen and oxygen atoms in total. The summed E-state index contributed by atoms with van der Waals surface area (Å²) in [5, 5.41) is 5.81. The second-order valence-corrected chi connectivity index (χ2v) is 4.44. The van der Waals surface area contributed by atoms with E-state index in [-0.39, 0.29) is 17.0 Å². The number of rotatable bonds is 3. The molecule has 0 saturated carbocycles. The van der Waals surface area contributed by atoms with Crippen molar-refractivity contribution in [1.82, 2.24) is 5.32 Å². The Hall–Kier alpha value is -1.49. The summed E-state index contributed by atoms with van der Waals surface area (Å²) >= 11 is 5.59. The summed E-state index contributed by atoms with van der Waals surface area (Å²) in [4.78, 5) is 11.0. The Kier molecular flexibility index (Phi) is 3.38. The summed E-state index contributed by atoms with van der Waals surface area (Å²) in [5.74, 6) is -0.467. The number of nitrogens with two attached hydrogens (primary N) is 1. The second kappa shape index (κ2) is 4.79. The smallest absolute Gasteiger partial charge is 0.220 e. The Morgan fingerprint density at radius 2 is 2.35 bits per heavy atom. The minimum Gasteiger partial charge on any atom is -0.397 e. The van der Waals surface area contributed by atoms with E-state index in [0.717, 1.165) is 6.42 Å². The summed E-state index contributed by atoms with van der Waals surface area (Å²) in [7, 11) is 0. The van der Waals surface area contributed by atoms with Crippen molar-refractivity contribution in [3.8, 4) is 0 Å². The third kappa shape index (κ3) is 2.79. The standard InChI is InChI=1S/C11H13ClFN3O/c12-7-3-9(14)10(4-8(7)13)15-5-6-1-2-11(17)16-6/h3-4,6,15H,1-2,5,14H2,(H,16,17). The van der Waals surface area contributed by atoms with Crippen LogP contribution in [-0.4, -0.2) is 18.5 Å². The highest BCUT2D eigenvalue weighted by Gasteiger charge is 2.20. The Morgan fingerprint density at radius 3 is 3.00 bits per heavy atom. The predicted molar refractivity (Wildman–Crippen MR) is 65.5 cm³/mol. The van der Waals surface area contributed by atoms with Crippen molar-refractivity contribution >= 4 is 28.9 Å². The van der Waals surface area contributed by atoms with Crippen LogP contribution in [0.3, 0.4) is 0 Å². The first kappa shape index (κ1) is 12.0. The normalized spacial score (nSPS) is 19.2. The SMILES string of the molecule is Nc1cc(Cl)c(F)cc1NCC1CCC(=O)N1. The third-order valence-corrected chi connectivity index (χ3v) is 3.01. The molecule has 0 radical (unpaired) electrons. The Morgan fingerprint density at radius 1 is 1.59 bits per heavy atom. The Bertz CT molecular complexity index is 453. The van der Waals surface area contributed by atoms with Gasteiger partial charge in [-0.05, 0) is 12.5 Å². The van der Waals surface area contributed by atoms with Crippen LogP contribution in [0.2, 0.25) is 5.02 Å². The molecule has 17 heavy (non-hydrogen) atoms. The molecule has 1 unspecified atom stereocenters. The maximum absolute atomic E-state index is 13.2. The number of halogens is 2. The number of carbonyl (C=O) groups is 1. The first-order valence-electron chi connectivity index (χ1n) is 5.34. The van der Waals surface area contributed by atoms with Gasteiger partial charge in [0, 0.05) is 25.1 Å². The van der Waals surface area contributed by atoms with Gasteiger partial charge >= 0.3 is 0 Å². The number of carbonyl (C=O) groups excluding carboxylic acids is 1. The molecule has 0 aromatic heterocycles. The number of hydrogen-bond acceptors (Lipinski definition) is 3. The van der Waals surface area contributed by atoms with E-state index in [1.807, 2.05) is 0 Å². The van der Waals surface area contributed by atoms with Crippen molar-refractivity contribution in [2.45, 2.75) is 18.9 Å². The molecule has 0 spiro atoms. The first-order chi connectivity index (χ1) is 8.06. The zero-order valence-electron chi connectivity index (χ0n) is 9.09. The van der Waals surface area contributed by atoms with Gasteiger partial charge in [0.15, 0.2) is 0 Å².